The lowest BCUT2D eigenvalue weighted by atomic mass is 10.4. The summed E-state index contributed by atoms with van der Waals surface area (Å²) in [6, 6.07) is 0. The van der Waals surface area contributed by atoms with E-state index in [1.165, 1.54) is 0 Å². The minimum atomic E-state index is 0.0671. The van der Waals surface area contributed by atoms with Crippen LogP contribution in [0.2, 0.25) is 0 Å². The van der Waals surface area contributed by atoms with Gasteiger partial charge in [0.1, 0.15) is 0 Å². The maximum Gasteiger partial charge on any atom is 0.288 e. The maximum atomic E-state index is 11.1. The Kier molecular flexibility index (Phi) is 1.16. The summed E-state index contributed by atoms with van der Waals surface area (Å²) in [6.07, 6.45) is 2.75. The second-order valence-corrected chi connectivity index (χ2v) is 2.50. The fraction of sp³-hybridized carbons (Fsp3) is 0.571. The highest BCUT2D eigenvalue weighted by Crippen LogP contribution is 2.16. The molecule has 0 atom stereocenters. The van der Waals surface area contributed by atoms with Gasteiger partial charge in [0.15, 0.2) is 5.76 Å². The SMILES string of the molecule is O=C(C1=CCCO1)N1CC1. The summed E-state index contributed by atoms with van der Waals surface area (Å²) in [5.41, 5.74) is 0. The van der Waals surface area contributed by atoms with E-state index >= 15 is 0 Å². The fourth-order valence-corrected chi connectivity index (χ4v) is 0.976. The highest BCUT2D eigenvalue weighted by Gasteiger charge is 2.28. The highest BCUT2D eigenvalue weighted by molar-refractivity contribution is 5.93. The van der Waals surface area contributed by atoms with Crippen molar-refractivity contribution in [2.45, 2.75) is 6.42 Å². The molecule has 0 spiro atoms. The van der Waals surface area contributed by atoms with Crippen molar-refractivity contribution in [1.82, 2.24) is 4.90 Å². The normalized spacial score (nSPS) is 22.0. The van der Waals surface area contributed by atoms with Crippen molar-refractivity contribution in [3.05, 3.63) is 11.8 Å². The van der Waals surface area contributed by atoms with Gasteiger partial charge < -0.3 is 9.64 Å². The van der Waals surface area contributed by atoms with Crippen molar-refractivity contribution >= 4 is 5.91 Å². The number of rotatable bonds is 1. The van der Waals surface area contributed by atoms with E-state index < -0.39 is 0 Å². The predicted octanol–water partition coefficient (Wildman–Crippen LogP) is 0.133. The lowest BCUT2D eigenvalue weighted by Gasteiger charge is -2.01. The van der Waals surface area contributed by atoms with Crippen LogP contribution in [0.15, 0.2) is 11.8 Å². The molecule has 0 aromatic heterocycles. The quantitative estimate of drug-likeness (QED) is 0.483. The Morgan fingerprint density at radius 3 is 2.90 bits per heavy atom. The zero-order valence-corrected chi connectivity index (χ0v) is 5.67. The van der Waals surface area contributed by atoms with Crippen LogP contribution in [0.5, 0.6) is 0 Å². The minimum absolute atomic E-state index is 0.0671. The number of amides is 1. The standard InChI is InChI=1S/C7H9NO2/c9-7(8-3-4-8)6-2-1-5-10-6/h2H,1,3-5H2. The Morgan fingerprint density at radius 1 is 1.60 bits per heavy atom. The molecule has 3 nitrogen and oxygen atoms in total. The molecule has 1 amide bonds. The number of ether oxygens (including phenoxy) is 1. The summed E-state index contributed by atoms with van der Waals surface area (Å²) < 4.78 is 5.09. The molecule has 0 N–H and O–H groups in total. The zero-order chi connectivity index (χ0) is 6.97. The van der Waals surface area contributed by atoms with Gasteiger partial charge in [-0.3, -0.25) is 4.79 Å². The third-order valence-corrected chi connectivity index (χ3v) is 1.65. The first-order chi connectivity index (χ1) is 4.88. The molecule has 3 heteroatoms. The summed E-state index contributed by atoms with van der Waals surface area (Å²) >= 11 is 0. The molecule has 0 unspecified atom stereocenters. The van der Waals surface area contributed by atoms with Gasteiger partial charge in [-0.05, 0) is 6.08 Å². The van der Waals surface area contributed by atoms with Crippen LogP contribution < -0.4 is 0 Å². The molecule has 0 aromatic rings. The summed E-state index contributed by atoms with van der Waals surface area (Å²) in [5.74, 6) is 0.620. The second-order valence-electron chi connectivity index (χ2n) is 2.50. The van der Waals surface area contributed by atoms with Gasteiger partial charge in [-0.2, -0.15) is 0 Å². The molecule has 1 fully saturated rings. The number of hydrogen-bond acceptors (Lipinski definition) is 2. The van der Waals surface area contributed by atoms with E-state index in [0.717, 1.165) is 19.5 Å². The van der Waals surface area contributed by atoms with E-state index in [1.807, 2.05) is 6.08 Å². The average molecular weight is 139 g/mol. The maximum absolute atomic E-state index is 11.1. The van der Waals surface area contributed by atoms with E-state index in [9.17, 15) is 4.79 Å². The zero-order valence-electron chi connectivity index (χ0n) is 5.67. The molecule has 0 aliphatic carbocycles. The Hall–Kier alpha value is -0.990. The van der Waals surface area contributed by atoms with Crippen LogP contribution in [-0.2, 0) is 9.53 Å². The highest BCUT2D eigenvalue weighted by atomic mass is 16.5. The molecule has 0 radical (unpaired) electrons. The summed E-state index contributed by atoms with van der Waals surface area (Å²) in [6.45, 7) is 2.48. The summed E-state index contributed by atoms with van der Waals surface area (Å²) in [7, 11) is 0. The first kappa shape index (κ1) is 5.77. The van der Waals surface area contributed by atoms with Gasteiger partial charge in [0.05, 0.1) is 6.61 Å². The molecule has 0 bridgehead atoms. The van der Waals surface area contributed by atoms with Crippen molar-refractivity contribution in [2.24, 2.45) is 0 Å². The average Bonchev–Trinajstić information content (AvgIpc) is 2.65. The monoisotopic (exact) mass is 139 g/mol. The van der Waals surface area contributed by atoms with Crippen LogP contribution in [0.25, 0.3) is 0 Å². The number of hydrogen-bond donors (Lipinski definition) is 0. The molecule has 54 valence electrons. The molecular weight excluding hydrogens is 130 g/mol. The smallest absolute Gasteiger partial charge is 0.288 e. The lowest BCUT2D eigenvalue weighted by molar-refractivity contribution is -0.125. The van der Waals surface area contributed by atoms with Gasteiger partial charge in [-0.1, -0.05) is 0 Å². The molecule has 1 saturated heterocycles. The Bertz CT molecular complexity index is 194. The van der Waals surface area contributed by atoms with Crippen molar-refractivity contribution < 1.29 is 9.53 Å². The number of carbonyl (C=O) groups is 1. The molecule has 0 aromatic carbocycles. The molecular formula is C7H9NO2. The first-order valence-corrected chi connectivity index (χ1v) is 3.50. The lowest BCUT2D eigenvalue weighted by Crippen LogP contribution is -2.13. The topological polar surface area (TPSA) is 29.3 Å². The number of nitrogens with zero attached hydrogens (tertiary/aromatic N) is 1. The van der Waals surface area contributed by atoms with Crippen LogP contribution in [0, 0.1) is 0 Å². The molecule has 2 heterocycles. The third kappa shape index (κ3) is 0.875. The van der Waals surface area contributed by atoms with Gasteiger partial charge in [-0.15, -0.1) is 0 Å². The van der Waals surface area contributed by atoms with E-state index in [4.69, 9.17) is 4.74 Å². The van der Waals surface area contributed by atoms with Crippen molar-refractivity contribution in [3.8, 4) is 0 Å². The van der Waals surface area contributed by atoms with Crippen molar-refractivity contribution in [3.63, 3.8) is 0 Å². The van der Waals surface area contributed by atoms with E-state index in [1.54, 1.807) is 4.90 Å². The van der Waals surface area contributed by atoms with Crippen LogP contribution in [0.3, 0.4) is 0 Å². The van der Waals surface area contributed by atoms with Crippen LogP contribution in [0.4, 0.5) is 0 Å². The molecule has 10 heavy (non-hydrogen) atoms. The van der Waals surface area contributed by atoms with E-state index in [-0.39, 0.29) is 5.91 Å². The Labute approximate surface area is 59.3 Å². The third-order valence-electron chi connectivity index (χ3n) is 1.65. The molecule has 2 aliphatic rings. The second kappa shape index (κ2) is 2.01. The van der Waals surface area contributed by atoms with Crippen LogP contribution in [0.1, 0.15) is 6.42 Å². The summed E-state index contributed by atoms with van der Waals surface area (Å²) in [4.78, 5) is 12.9. The van der Waals surface area contributed by atoms with E-state index in [2.05, 4.69) is 0 Å². The van der Waals surface area contributed by atoms with Gasteiger partial charge in [-0.25, -0.2) is 0 Å². The van der Waals surface area contributed by atoms with Gasteiger partial charge >= 0.3 is 0 Å². The summed E-state index contributed by atoms with van der Waals surface area (Å²) in [5, 5.41) is 0. The Balaban J connectivity index is 2.02. The van der Waals surface area contributed by atoms with Gasteiger partial charge in [0.2, 0.25) is 0 Å². The van der Waals surface area contributed by atoms with E-state index in [0.29, 0.717) is 12.4 Å². The van der Waals surface area contributed by atoms with Crippen LogP contribution >= 0.6 is 0 Å². The van der Waals surface area contributed by atoms with Crippen LogP contribution in [-0.4, -0.2) is 30.5 Å². The largest absolute Gasteiger partial charge is 0.488 e. The first-order valence-electron chi connectivity index (χ1n) is 3.50. The van der Waals surface area contributed by atoms with Gasteiger partial charge in [0, 0.05) is 19.5 Å². The minimum Gasteiger partial charge on any atom is -0.488 e. The van der Waals surface area contributed by atoms with Crippen molar-refractivity contribution in [2.75, 3.05) is 19.7 Å². The van der Waals surface area contributed by atoms with Gasteiger partial charge in [0.25, 0.3) is 5.91 Å². The predicted molar refractivity (Wildman–Crippen MR) is 35.2 cm³/mol. The molecule has 0 saturated carbocycles. The Morgan fingerprint density at radius 2 is 2.40 bits per heavy atom. The fourth-order valence-electron chi connectivity index (χ4n) is 0.976. The molecule has 2 aliphatic heterocycles. The number of carbonyl (C=O) groups excluding carboxylic acids is 1. The van der Waals surface area contributed by atoms with Crippen molar-refractivity contribution in [1.29, 1.82) is 0 Å². The molecule has 2 rings (SSSR count).